The van der Waals surface area contributed by atoms with Crippen LogP contribution in [0.5, 0.6) is 0 Å². The molecule has 2 atom stereocenters. The smallest absolute Gasteiger partial charge is 0.428 e. The van der Waals surface area contributed by atoms with Crippen LogP contribution in [0.3, 0.4) is 0 Å². The first-order valence-corrected chi connectivity index (χ1v) is 6.20. The van der Waals surface area contributed by atoms with Gasteiger partial charge in [0.05, 0.1) is 5.56 Å². The molecular weight excluding hydrogens is 275 g/mol. The van der Waals surface area contributed by atoms with Gasteiger partial charge in [0.1, 0.15) is 6.10 Å². The van der Waals surface area contributed by atoms with Crippen LogP contribution in [-0.4, -0.2) is 35.9 Å². The first-order chi connectivity index (χ1) is 9.38. The topological polar surface area (TPSA) is 48.4 Å². The highest BCUT2D eigenvalue weighted by Gasteiger charge is 2.49. The second-order valence-corrected chi connectivity index (χ2v) is 4.61. The van der Waals surface area contributed by atoms with Crippen molar-refractivity contribution < 1.29 is 27.4 Å². The van der Waals surface area contributed by atoms with Crippen LogP contribution in [0.2, 0.25) is 0 Å². The maximum atomic E-state index is 12.9. The lowest BCUT2D eigenvalue weighted by atomic mass is 10.1. The van der Waals surface area contributed by atoms with E-state index in [0.717, 1.165) is 0 Å². The third-order valence-electron chi connectivity index (χ3n) is 3.01. The first kappa shape index (κ1) is 14.8. The van der Waals surface area contributed by atoms with E-state index in [4.69, 9.17) is 4.74 Å². The number of carbonyl (C=O) groups is 1. The van der Waals surface area contributed by atoms with Gasteiger partial charge in [-0.2, -0.15) is 13.2 Å². The summed E-state index contributed by atoms with van der Waals surface area (Å²) in [5.41, 5.74) is 0.649. The zero-order valence-corrected chi connectivity index (χ0v) is 10.8. The van der Waals surface area contributed by atoms with Gasteiger partial charge in [-0.1, -0.05) is 0 Å². The second kappa shape index (κ2) is 5.78. The largest absolute Gasteiger partial charge is 0.446 e. The quantitative estimate of drug-likeness (QED) is 0.803. The zero-order chi connectivity index (χ0) is 14.8. The molecule has 0 spiro atoms. The van der Waals surface area contributed by atoms with Crippen molar-refractivity contribution in [2.45, 2.75) is 38.1 Å². The van der Waals surface area contributed by atoms with E-state index < -0.39 is 24.4 Å². The molecule has 7 heteroatoms. The molecule has 0 radical (unpaired) electrons. The summed E-state index contributed by atoms with van der Waals surface area (Å²) in [5, 5.41) is 0. The molecule has 110 valence electrons. The molecule has 1 aliphatic rings. The Labute approximate surface area is 113 Å². The summed E-state index contributed by atoms with van der Waals surface area (Å²) < 4.78 is 48.4. The van der Waals surface area contributed by atoms with Gasteiger partial charge in [-0.05, 0) is 31.9 Å². The Hall–Kier alpha value is -1.63. The summed E-state index contributed by atoms with van der Waals surface area (Å²) >= 11 is 0. The average Bonchev–Trinajstić information content (AvgIpc) is 2.88. The highest BCUT2D eigenvalue weighted by Crippen LogP contribution is 2.31. The van der Waals surface area contributed by atoms with Crippen molar-refractivity contribution in [2.24, 2.45) is 0 Å². The zero-order valence-electron chi connectivity index (χ0n) is 10.8. The van der Waals surface area contributed by atoms with Gasteiger partial charge in [0.2, 0.25) is 6.10 Å². The van der Waals surface area contributed by atoms with Crippen molar-refractivity contribution in [1.82, 2.24) is 4.98 Å². The molecule has 1 saturated heterocycles. The summed E-state index contributed by atoms with van der Waals surface area (Å²) in [6, 6.07) is 2.92. The summed E-state index contributed by atoms with van der Waals surface area (Å²) in [7, 11) is 0. The Balaban J connectivity index is 2.11. The highest BCUT2D eigenvalue weighted by atomic mass is 19.4. The molecule has 0 amide bonds. The van der Waals surface area contributed by atoms with E-state index in [1.54, 1.807) is 6.92 Å². The number of carbonyl (C=O) groups excluding carboxylic acids is 1. The number of esters is 1. The standard InChI is InChI=1S/C13H14F3NO3/c1-8-4-5-9(7-17-8)12(18)20-11(13(14,15)16)10-3-2-6-19-10/h4-5,7,10-11H,2-3,6H2,1H3. The van der Waals surface area contributed by atoms with E-state index >= 15 is 0 Å². The normalized spacial score (nSPS) is 20.7. The number of nitrogens with zero attached hydrogens (tertiary/aromatic N) is 1. The minimum atomic E-state index is -4.65. The number of hydrogen-bond donors (Lipinski definition) is 0. The Kier molecular flexibility index (Phi) is 4.27. The minimum Gasteiger partial charge on any atom is -0.446 e. The predicted molar refractivity (Wildman–Crippen MR) is 63.2 cm³/mol. The van der Waals surface area contributed by atoms with E-state index in [1.807, 2.05) is 0 Å². The molecule has 4 nitrogen and oxygen atoms in total. The second-order valence-electron chi connectivity index (χ2n) is 4.61. The maximum absolute atomic E-state index is 12.9. The van der Waals surface area contributed by atoms with Crippen LogP contribution >= 0.6 is 0 Å². The minimum absolute atomic E-state index is 0.0113. The number of ether oxygens (including phenoxy) is 2. The fourth-order valence-corrected chi connectivity index (χ4v) is 1.97. The molecule has 2 unspecified atom stereocenters. The molecule has 2 heterocycles. The third-order valence-corrected chi connectivity index (χ3v) is 3.01. The van der Waals surface area contributed by atoms with Crippen LogP contribution in [0.1, 0.15) is 28.9 Å². The van der Waals surface area contributed by atoms with Gasteiger partial charge in [-0.15, -0.1) is 0 Å². The monoisotopic (exact) mass is 289 g/mol. The molecule has 1 aliphatic heterocycles. The lowest BCUT2D eigenvalue weighted by Gasteiger charge is -2.25. The molecular formula is C13H14F3NO3. The highest BCUT2D eigenvalue weighted by molar-refractivity contribution is 5.89. The van der Waals surface area contributed by atoms with Crippen molar-refractivity contribution in [3.8, 4) is 0 Å². The van der Waals surface area contributed by atoms with Crippen molar-refractivity contribution in [2.75, 3.05) is 6.61 Å². The number of aryl methyl sites for hydroxylation is 1. The van der Waals surface area contributed by atoms with Gasteiger partial charge in [-0.25, -0.2) is 4.79 Å². The van der Waals surface area contributed by atoms with Crippen LogP contribution in [0.15, 0.2) is 18.3 Å². The molecule has 20 heavy (non-hydrogen) atoms. The van der Waals surface area contributed by atoms with Crippen molar-refractivity contribution in [1.29, 1.82) is 0 Å². The maximum Gasteiger partial charge on any atom is 0.428 e. The fraction of sp³-hybridized carbons (Fsp3) is 0.538. The molecule has 1 aromatic rings. The van der Waals surface area contributed by atoms with Gasteiger partial charge in [0.25, 0.3) is 0 Å². The molecule has 0 N–H and O–H groups in total. The molecule has 1 fully saturated rings. The summed E-state index contributed by atoms with van der Waals surface area (Å²) in [6.45, 7) is 1.96. The van der Waals surface area contributed by atoms with Crippen molar-refractivity contribution in [3.05, 3.63) is 29.6 Å². The third kappa shape index (κ3) is 3.47. The van der Waals surface area contributed by atoms with Gasteiger partial charge < -0.3 is 9.47 Å². The molecule has 0 bridgehead atoms. The van der Waals surface area contributed by atoms with Gasteiger partial charge in [0, 0.05) is 18.5 Å². The molecule has 0 aliphatic carbocycles. The average molecular weight is 289 g/mol. The Morgan fingerprint density at radius 3 is 2.75 bits per heavy atom. The SMILES string of the molecule is Cc1ccc(C(=O)OC(C2CCCO2)C(F)(F)F)cn1. The van der Waals surface area contributed by atoms with Crippen LogP contribution < -0.4 is 0 Å². The summed E-state index contributed by atoms with van der Waals surface area (Å²) in [5.74, 6) is -1.05. The lowest BCUT2D eigenvalue weighted by molar-refractivity contribution is -0.230. The number of pyridine rings is 1. The van der Waals surface area contributed by atoms with Crippen LogP contribution in [-0.2, 0) is 9.47 Å². The number of aromatic nitrogens is 1. The van der Waals surface area contributed by atoms with Gasteiger partial charge >= 0.3 is 12.1 Å². The predicted octanol–water partition coefficient (Wildman–Crippen LogP) is 2.66. The molecule has 1 aromatic heterocycles. The van der Waals surface area contributed by atoms with E-state index in [2.05, 4.69) is 9.72 Å². The lowest BCUT2D eigenvalue weighted by Crippen LogP contribution is -2.43. The Bertz CT molecular complexity index is 467. The number of halogens is 3. The van der Waals surface area contributed by atoms with E-state index in [9.17, 15) is 18.0 Å². The van der Waals surface area contributed by atoms with Crippen molar-refractivity contribution >= 4 is 5.97 Å². The summed E-state index contributed by atoms with van der Waals surface area (Å²) in [4.78, 5) is 15.6. The van der Waals surface area contributed by atoms with E-state index in [1.165, 1.54) is 18.3 Å². The van der Waals surface area contributed by atoms with Crippen LogP contribution in [0.25, 0.3) is 0 Å². The Morgan fingerprint density at radius 1 is 1.50 bits per heavy atom. The molecule has 0 aromatic carbocycles. The van der Waals surface area contributed by atoms with Gasteiger partial charge in [0.15, 0.2) is 0 Å². The molecule has 0 saturated carbocycles. The number of hydrogen-bond acceptors (Lipinski definition) is 4. The van der Waals surface area contributed by atoms with Crippen molar-refractivity contribution in [3.63, 3.8) is 0 Å². The fourth-order valence-electron chi connectivity index (χ4n) is 1.97. The van der Waals surface area contributed by atoms with Crippen LogP contribution in [0.4, 0.5) is 13.2 Å². The van der Waals surface area contributed by atoms with Crippen LogP contribution in [0, 0.1) is 6.92 Å². The Morgan fingerprint density at radius 2 is 2.25 bits per heavy atom. The van der Waals surface area contributed by atoms with E-state index in [0.29, 0.717) is 12.1 Å². The number of rotatable bonds is 3. The summed E-state index contributed by atoms with van der Waals surface area (Å²) in [6.07, 6.45) is -6.07. The van der Waals surface area contributed by atoms with Gasteiger partial charge in [-0.3, -0.25) is 4.98 Å². The first-order valence-electron chi connectivity index (χ1n) is 6.20. The number of alkyl halides is 3. The van der Waals surface area contributed by atoms with E-state index in [-0.39, 0.29) is 18.6 Å². The molecule has 2 rings (SSSR count).